The van der Waals surface area contributed by atoms with Crippen LogP contribution in [0, 0.1) is 0 Å². The molecule has 0 spiro atoms. The topological polar surface area (TPSA) is 0 Å². The van der Waals surface area contributed by atoms with Gasteiger partial charge < -0.3 is 24.8 Å². The van der Waals surface area contributed by atoms with Crippen LogP contribution in [0.15, 0.2) is 132 Å². The SMILES string of the molecule is CCCCC1=Cc2c(-c3ccc4ccccc4c3)cccc2[CH]1[Zr+2]1([CH]2C(CCCC)=Cc3c(-c4ccc5ccccc5c4)cccc32)[CH2][CH2]1.[Cl-].[Cl-]. The molecule has 0 radical (unpaired) electrons. The van der Waals surface area contributed by atoms with Crippen molar-refractivity contribution in [1.29, 1.82) is 0 Å². The van der Waals surface area contributed by atoms with Crippen LogP contribution in [0.25, 0.3) is 56.0 Å². The third kappa shape index (κ3) is 6.33. The van der Waals surface area contributed by atoms with Gasteiger partial charge in [0, 0.05) is 0 Å². The summed E-state index contributed by atoms with van der Waals surface area (Å²) in [5.74, 6) is 0. The molecule has 1 saturated heterocycles. The van der Waals surface area contributed by atoms with Crippen molar-refractivity contribution in [3.8, 4) is 22.3 Å². The molecule has 2 aliphatic carbocycles. The maximum atomic E-state index is 2.69. The summed E-state index contributed by atoms with van der Waals surface area (Å²) in [7, 11) is 0. The Morgan fingerprint density at radius 1 is 0.490 bits per heavy atom. The predicted octanol–water partition coefficient (Wildman–Crippen LogP) is 8.30. The molecule has 9 rings (SSSR count). The summed E-state index contributed by atoms with van der Waals surface area (Å²) in [6.07, 6.45) is 13.0. The van der Waals surface area contributed by atoms with Crippen LogP contribution in [0.5, 0.6) is 0 Å². The van der Waals surface area contributed by atoms with Crippen LogP contribution in [0.3, 0.4) is 0 Å². The van der Waals surface area contributed by atoms with Crippen LogP contribution in [-0.2, 0) is 20.3 Å². The molecule has 3 heteroatoms. The molecule has 6 aromatic carbocycles. The largest absolute Gasteiger partial charge is 1.00 e. The Bertz CT molecular complexity index is 2130. The fourth-order valence-electron chi connectivity index (χ4n) is 9.59. The van der Waals surface area contributed by atoms with Crippen molar-refractivity contribution in [1.82, 2.24) is 0 Å². The first-order chi connectivity index (χ1) is 24.2. The predicted molar refractivity (Wildman–Crippen MR) is 209 cm³/mol. The second-order valence-corrected chi connectivity index (χ2v) is 26.3. The zero-order chi connectivity index (χ0) is 33.0. The molecule has 1 fully saturated rings. The molecule has 0 amide bonds. The molecule has 1 aliphatic heterocycles. The average molecular weight is 785 g/mol. The van der Waals surface area contributed by atoms with Gasteiger partial charge in [-0.25, -0.2) is 0 Å². The van der Waals surface area contributed by atoms with Crippen molar-refractivity contribution < 1.29 is 45.1 Å². The number of halogens is 2. The molecule has 0 N–H and O–H groups in total. The summed E-state index contributed by atoms with van der Waals surface area (Å²) in [6, 6.07) is 46.4. The molecule has 256 valence electrons. The number of benzene rings is 6. The Morgan fingerprint density at radius 2 is 0.922 bits per heavy atom. The first-order valence-electron chi connectivity index (χ1n) is 18.8. The van der Waals surface area contributed by atoms with Gasteiger partial charge in [-0.05, 0) is 0 Å². The van der Waals surface area contributed by atoms with E-state index in [2.05, 4.69) is 147 Å². The third-order valence-corrected chi connectivity index (χ3v) is 25.1. The molecule has 51 heavy (non-hydrogen) atoms. The van der Waals surface area contributed by atoms with E-state index in [1.54, 1.807) is 22.3 Å². The maximum absolute atomic E-state index is 2.82. The molecule has 0 bridgehead atoms. The van der Waals surface area contributed by atoms with Crippen molar-refractivity contribution in [2.45, 2.75) is 67.9 Å². The van der Waals surface area contributed by atoms with Crippen molar-refractivity contribution in [2.24, 2.45) is 0 Å². The van der Waals surface area contributed by atoms with Crippen molar-refractivity contribution >= 4 is 33.7 Å². The fraction of sp³-hybridized carbons (Fsp3) is 0.250. The monoisotopic (exact) mass is 782 g/mol. The molecule has 3 aliphatic rings. The summed E-state index contributed by atoms with van der Waals surface area (Å²) in [5.41, 5.74) is 15.5. The zero-order valence-corrected chi connectivity index (χ0v) is 33.7. The van der Waals surface area contributed by atoms with Gasteiger partial charge in [-0.2, -0.15) is 0 Å². The van der Waals surface area contributed by atoms with E-state index in [9.17, 15) is 0 Å². The van der Waals surface area contributed by atoms with E-state index in [1.165, 1.54) is 102 Å². The smallest absolute Gasteiger partial charge is 1.00 e. The number of allylic oxidation sites excluding steroid dienone is 2. The second-order valence-electron chi connectivity index (χ2n) is 15.0. The van der Waals surface area contributed by atoms with Gasteiger partial charge in [-0.1, -0.05) is 0 Å². The quantitative estimate of drug-likeness (QED) is 0.131. The Labute approximate surface area is 321 Å². The summed E-state index contributed by atoms with van der Waals surface area (Å²) in [4.78, 5) is 0. The molecular weight excluding hydrogens is 739 g/mol. The fourth-order valence-corrected chi connectivity index (χ4v) is 27.2. The standard InChI is InChI=1S/2C23H21.C2H4.2ClH.Zr/c2*1-2-3-7-17-14-20-10-6-11-22(23(20)15-17)21-13-12-18-8-4-5-9-19(18)16-21;1-2;;;/h2*4-6,8-16H,2-3,7H2,1H3;1-2H2;2*1H;/q;;;;;+2/p-2. The van der Waals surface area contributed by atoms with E-state index in [-0.39, 0.29) is 24.8 Å². The number of hydrogen-bond donors (Lipinski definition) is 0. The number of hydrogen-bond acceptors (Lipinski definition) is 0. The zero-order valence-electron chi connectivity index (χ0n) is 29.8. The van der Waals surface area contributed by atoms with Crippen LogP contribution in [0.4, 0.5) is 0 Å². The summed E-state index contributed by atoms with van der Waals surface area (Å²) >= 11 is -2.82. The van der Waals surface area contributed by atoms with Crippen molar-refractivity contribution in [3.63, 3.8) is 0 Å². The normalized spacial score (nSPS) is 17.4. The molecule has 1 heterocycles. The number of rotatable bonds is 10. The van der Waals surface area contributed by atoms with E-state index in [0.29, 0.717) is 7.25 Å². The summed E-state index contributed by atoms with van der Waals surface area (Å²) < 4.78 is 4.38. The first-order valence-corrected chi connectivity index (χ1v) is 25.1. The molecule has 2 unspecified atom stereocenters. The van der Waals surface area contributed by atoms with Gasteiger partial charge in [0.05, 0.1) is 0 Å². The summed E-state index contributed by atoms with van der Waals surface area (Å²) in [5, 5.41) is 5.29. The minimum Gasteiger partial charge on any atom is -1.00 e. The van der Waals surface area contributed by atoms with Gasteiger partial charge in [0.1, 0.15) is 0 Å². The second kappa shape index (κ2) is 15.0. The van der Waals surface area contributed by atoms with E-state index in [4.69, 9.17) is 0 Å². The van der Waals surface area contributed by atoms with Crippen LogP contribution in [0.2, 0.25) is 8.26 Å². The molecule has 2 atom stereocenters. The molecule has 6 aromatic rings. The van der Waals surface area contributed by atoms with Gasteiger partial charge >= 0.3 is 299 Å². The van der Waals surface area contributed by atoms with E-state index in [1.807, 2.05) is 0 Å². The molecule has 0 aromatic heterocycles. The van der Waals surface area contributed by atoms with E-state index < -0.39 is 20.3 Å². The number of fused-ring (bicyclic) bond motifs is 4. The minimum absolute atomic E-state index is 0. The maximum Gasteiger partial charge on any atom is -1.00 e. The molecular formula is C48H46Cl2Zr. The van der Waals surface area contributed by atoms with Gasteiger partial charge in [-0.15, -0.1) is 0 Å². The van der Waals surface area contributed by atoms with Gasteiger partial charge in [0.15, 0.2) is 0 Å². The Hall–Kier alpha value is -3.22. The Morgan fingerprint density at radius 3 is 1.33 bits per heavy atom. The Kier molecular flexibility index (Phi) is 10.7. The van der Waals surface area contributed by atoms with Crippen molar-refractivity contribution in [3.05, 3.63) is 155 Å². The average Bonchev–Trinajstić information content (AvgIpc) is 3.69. The summed E-state index contributed by atoms with van der Waals surface area (Å²) in [6.45, 7) is 4.73. The molecule has 0 nitrogen and oxygen atoms in total. The van der Waals surface area contributed by atoms with Crippen LogP contribution < -0.4 is 24.8 Å². The Balaban J connectivity index is 0.00000203. The number of unbranched alkanes of at least 4 members (excludes halogenated alkanes) is 2. The van der Waals surface area contributed by atoms with Crippen molar-refractivity contribution in [2.75, 3.05) is 0 Å². The molecule has 0 saturated carbocycles. The van der Waals surface area contributed by atoms with E-state index in [0.717, 1.165) is 0 Å². The van der Waals surface area contributed by atoms with Gasteiger partial charge in [0.2, 0.25) is 0 Å². The first kappa shape index (κ1) is 36.2. The van der Waals surface area contributed by atoms with Crippen LogP contribution >= 0.6 is 0 Å². The van der Waals surface area contributed by atoms with Gasteiger partial charge in [0.25, 0.3) is 0 Å². The third-order valence-electron chi connectivity index (χ3n) is 12.0. The van der Waals surface area contributed by atoms with E-state index >= 15 is 0 Å². The minimum atomic E-state index is -2.82. The van der Waals surface area contributed by atoms with Gasteiger partial charge in [-0.3, -0.25) is 0 Å². The van der Waals surface area contributed by atoms with Crippen LogP contribution in [-0.4, -0.2) is 0 Å². The van der Waals surface area contributed by atoms with Crippen LogP contribution in [0.1, 0.15) is 81.9 Å².